The summed E-state index contributed by atoms with van der Waals surface area (Å²) in [5, 5.41) is 12.8. The molecule has 0 radical (unpaired) electrons. The van der Waals surface area contributed by atoms with Gasteiger partial charge >= 0.3 is 0 Å². The number of hydrogen-bond acceptors (Lipinski definition) is 3. The smallest absolute Gasteiger partial charge is 0.106 e. The molecule has 1 unspecified atom stereocenters. The van der Waals surface area contributed by atoms with Crippen molar-refractivity contribution in [1.29, 1.82) is 5.26 Å². The van der Waals surface area contributed by atoms with Crippen molar-refractivity contribution in [2.45, 2.75) is 50.6 Å². The molecule has 1 rings (SSSR count). The van der Waals surface area contributed by atoms with Crippen molar-refractivity contribution < 1.29 is 0 Å². The Hall–Kier alpha value is -0.590. The third-order valence-electron chi connectivity index (χ3n) is 3.08. The van der Waals surface area contributed by atoms with Crippen molar-refractivity contribution in [2.24, 2.45) is 0 Å². The Balaban J connectivity index is 2.37. The molecular formula is C12H23N3. The highest BCUT2D eigenvalue weighted by Crippen LogP contribution is 2.26. The van der Waals surface area contributed by atoms with Crippen LogP contribution in [0.1, 0.15) is 39.0 Å². The van der Waals surface area contributed by atoms with Crippen molar-refractivity contribution in [2.75, 3.05) is 20.6 Å². The van der Waals surface area contributed by atoms with Crippen LogP contribution in [-0.2, 0) is 0 Å². The van der Waals surface area contributed by atoms with Gasteiger partial charge in [-0.1, -0.05) is 6.92 Å². The van der Waals surface area contributed by atoms with Gasteiger partial charge in [0.15, 0.2) is 0 Å². The quantitative estimate of drug-likeness (QED) is 0.694. The highest BCUT2D eigenvalue weighted by atomic mass is 15.1. The van der Waals surface area contributed by atoms with E-state index in [1.165, 1.54) is 12.8 Å². The summed E-state index contributed by atoms with van der Waals surface area (Å²) >= 11 is 0. The molecule has 3 nitrogen and oxygen atoms in total. The molecule has 0 aliphatic heterocycles. The van der Waals surface area contributed by atoms with Gasteiger partial charge in [0, 0.05) is 6.04 Å². The zero-order chi connectivity index (χ0) is 11.3. The minimum atomic E-state index is -0.267. The van der Waals surface area contributed by atoms with Crippen molar-refractivity contribution in [3.63, 3.8) is 0 Å². The van der Waals surface area contributed by atoms with Crippen molar-refractivity contribution in [3.05, 3.63) is 0 Å². The molecule has 1 saturated carbocycles. The van der Waals surface area contributed by atoms with Crippen LogP contribution < -0.4 is 5.32 Å². The molecule has 0 amide bonds. The van der Waals surface area contributed by atoms with Gasteiger partial charge in [-0.15, -0.1) is 0 Å². The minimum Gasteiger partial charge on any atom is -0.309 e. The van der Waals surface area contributed by atoms with E-state index in [2.05, 4.69) is 37.3 Å². The fraction of sp³-hybridized carbons (Fsp3) is 0.917. The van der Waals surface area contributed by atoms with Gasteiger partial charge in [0.25, 0.3) is 0 Å². The van der Waals surface area contributed by atoms with E-state index >= 15 is 0 Å². The van der Waals surface area contributed by atoms with Crippen LogP contribution in [0, 0.1) is 11.3 Å². The second-order valence-electron chi connectivity index (χ2n) is 4.87. The molecule has 15 heavy (non-hydrogen) atoms. The fourth-order valence-corrected chi connectivity index (χ4v) is 1.83. The monoisotopic (exact) mass is 209 g/mol. The summed E-state index contributed by atoms with van der Waals surface area (Å²) in [7, 11) is 4.16. The van der Waals surface area contributed by atoms with Gasteiger partial charge in [0.05, 0.1) is 6.07 Å². The number of nitrogens with zero attached hydrogens (tertiary/aromatic N) is 2. The van der Waals surface area contributed by atoms with Crippen LogP contribution in [0.2, 0.25) is 0 Å². The molecule has 1 N–H and O–H groups in total. The molecule has 0 saturated heterocycles. The van der Waals surface area contributed by atoms with Crippen LogP contribution in [-0.4, -0.2) is 37.1 Å². The normalized spacial score (nSPS) is 19.9. The predicted octanol–water partition coefficient (Wildman–Crippen LogP) is 1.75. The van der Waals surface area contributed by atoms with Crippen LogP contribution in [0.25, 0.3) is 0 Å². The summed E-state index contributed by atoms with van der Waals surface area (Å²) < 4.78 is 0. The Labute approximate surface area is 93.5 Å². The summed E-state index contributed by atoms with van der Waals surface area (Å²) in [6.07, 6.45) is 5.46. The lowest BCUT2D eigenvalue weighted by Gasteiger charge is -2.27. The molecule has 0 heterocycles. The standard InChI is InChI=1S/C12H23N3/c1-4-12(10-13,14-11-6-7-11)8-5-9-15(2)3/h11,14H,4-9H2,1-3H3. The second-order valence-corrected chi connectivity index (χ2v) is 4.87. The second kappa shape index (κ2) is 5.48. The first-order chi connectivity index (χ1) is 7.12. The maximum atomic E-state index is 9.29. The van der Waals surface area contributed by atoms with Crippen LogP contribution in [0.15, 0.2) is 0 Å². The maximum Gasteiger partial charge on any atom is 0.106 e. The molecule has 1 fully saturated rings. The maximum absolute atomic E-state index is 9.29. The summed E-state index contributed by atoms with van der Waals surface area (Å²) in [6.45, 7) is 3.17. The van der Waals surface area contributed by atoms with E-state index in [9.17, 15) is 5.26 Å². The first kappa shape index (κ1) is 12.5. The zero-order valence-corrected chi connectivity index (χ0v) is 10.2. The Morgan fingerprint density at radius 1 is 1.47 bits per heavy atom. The first-order valence-corrected chi connectivity index (χ1v) is 5.95. The van der Waals surface area contributed by atoms with E-state index in [4.69, 9.17) is 0 Å². The van der Waals surface area contributed by atoms with E-state index in [1.54, 1.807) is 0 Å². The summed E-state index contributed by atoms with van der Waals surface area (Å²) in [6, 6.07) is 3.10. The molecule has 0 aromatic heterocycles. The largest absolute Gasteiger partial charge is 0.309 e. The number of rotatable bonds is 7. The van der Waals surface area contributed by atoms with E-state index in [-0.39, 0.29) is 5.54 Å². The molecule has 3 heteroatoms. The Kier molecular flexibility index (Phi) is 4.56. The zero-order valence-electron chi connectivity index (χ0n) is 10.2. The highest BCUT2D eigenvalue weighted by Gasteiger charge is 2.34. The van der Waals surface area contributed by atoms with Gasteiger partial charge < -0.3 is 4.90 Å². The lowest BCUT2D eigenvalue weighted by molar-refractivity contribution is 0.323. The first-order valence-electron chi connectivity index (χ1n) is 5.95. The summed E-state index contributed by atoms with van der Waals surface area (Å²) in [4.78, 5) is 2.18. The Morgan fingerprint density at radius 2 is 2.13 bits per heavy atom. The van der Waals surface area contributed by atoms with Crippen LogP contribution in [0.4, 0.5) is 0 Å². The highest BCUT2D eigenvalue weighted by molar-refractivity contribution is 5.09. The predicted molar refractivity (Wildman–Crippen MR) is 62.6 cm³/mol. The molecule has 1 atom stereocenters. The molecule has 0 spiro atoms. The minimum absolute atomic E-state index is 0.267. The van der Waals surface area contributed by atoms with Crippen molar-refractivity contribution >= 4 is 0 Å². The van der Waals surface area contributed by atoms with Gasteiger partial charge in [-0.3, -0.25) is 5.32 Å². The molecule has 1 aliphatic rings. The Bertz CT molecular complexity index is 228. The molecule has 0 bridgehead atoms. The van der Waals surface area contributed by atoms with E-state index < -0.39 is 0 Å². The average Bonchev–Trinajstić information content (AvgIpc) is 2.99. The van der Waals surface area contributed by atoms with Gasteiger partial charge in [0.1, 0.15) is 5.54 Å². The van der Waals surface area contributed by atoms with Crippen LogP contribution in [0.3, 0.4) is 0 Å². The summed E-state index contributed by atoms with van der Waals surface area (Å²) in [5.74, 6) is 0. The molecular weight excluding hydrogens is 186 g/mol. The van der Waals surface area contributed by atoms with Gasteiger partial charge in [-0.05, 0) is 52.7 Å². The Morgan fingerprint density at radius 3 is 2.53 bits per heavy atom. The number of hydrogen-bond donors (Lipinski definition) is 1. The lowest BCUT2D eigenvalue weighted by atomic mass is 9.91. The number of nitrogens with one attached hydrogen (secondary N) is 1. The van der Waals surface area contributed by atoms with Gasteiger partial charge in [-0.25, -0.2) is 0 Å². The summed E-state index contributed by atoms with van der Waals surface area (Å²) in [5.41, 5.74) is -0.267. The SMILES string of the molecule is CCC(C#N)(CCCN(C)C)NC1CC1. The topological polar surface area (TPSA) is 39.1 Å². The van der Waals surface area contributed by atoms with E-state index in [0.29, 0.717) is 6.04 Å². The third kappa shape index (κ3) is 4.19. The number of nitriles is 1. The third-order valence-corrected chi connectivity index (χ3v) is 3.08. The van der Waals surface area contributed by atoms with Crippen molar-refractivity contribution in [1.82, 2.24) is 10.2 Å². The van der Waals surface area contributed by atoms with Gasteiger partial charge in [-0.2, -0.15) is 5.26 Å². The molecule has 0 aromatic carbocycles. The van der Waals surface area contributed by atoms with Crippen LogP contribution in [0.5, 0.6) is 0 Å². The van der Waals surface area contributed by atoms with Crippen LogP contribution >= 0.6 is 0 Å². The average molecular weight is 209 g/mol. The van der Waals surface area contributed by atoms with Gasteiger partial charge in [0.2, 0.25) is 0 Å². The molecule has 86 valence electrons. The lowest BCUT2D eigenvalue weighted by Crippen LogP contribution is -2.45. The fourth-order valence-electron chi connectivity index (χ4n) is 1.83. The van der Waals surface area contributed by atoms with Crippen molar-refractivity contribution in [3.8, 4) is 6.07 Å². The molecule has 1 aliphatic carbocycles. The van der Waals surface area contributed by atoms with E-state index in [0.717, 1.165) is 25.8 Å². The molecule has 0 aromatic rings. The van der Waals surface area contributed by atoms with E-state index in [1.807, 2.05) is 0 Å².